The van der Waals surface area contributed by atoms with Gasteiger partial charge in [-0.2, -0.15) is 0 Å². The highest BCUT2D eigenvalue weighted by Crippen LogP contribution is 2.82. The average Bonchev–Trinajstić information content (AvgIpc) is 3.36. The minimum atomic E-state index is -1.18. The molecule has 5 aliphatic rings. The molecule has 5 rings (SSSR count). The number of ether oxygens (including phenoxy) is 2. The molecule has 4 aliphatic carbocycles. The molecule has 0 aromatic rings. The molecule has 6 heteroatoms. The van der Waals surface area contributed by atoms with Crippen molar-refractivity contribution in [3.8, 4) is 0 Å². The number of carboxylic acids is 1. The summed E-state index contributed by atoms with van der Waals surface area (Å²) < 4.78 is 12.7. The number of morpholine rings is 1. The van der Waals surface area contributed by atoms with Crippen molar-refractivity contribution in [2.45, 2.75) is 79.6 Å². The van der Waals surface area contributed by atoms with E-state index in [1.807, 2.05) is 0 Å². The summed E-state index contributed by atoms with van der Waals surface area (Å²) in [5, 5.41) is 11.1. The molecule has 0 spiro atoms. The van der Waals surface area contributed by atoms with Gasteiger partial charge < -0.3 is 19.4 Å². The minimum Gasteiger partial charge on any atom is -0.481 e. The van der Waals surface area contributed by atoms with E-state index < -0.39 is 22.2 Å². The Morgan fingerprint density at radius 3 is 2.63 bits per heavy atom. The van der Waals surface area contributed by atoms with E-state index in [2.05, 4.69) is 52.5 Å². The van der Waals surface area contributed by atoms with Gasteiger partial charge in [-0.1, -0.05) is 52.7 Å². The lowest BCUT2D eigenvalue weighted by Gasteiger charge is -2.58. The second-order valence-electron chi connectivity index (χ2n) is 13.3. The van der Waals surface area contributed by atoms with Crippen LogP contribution in [0.5, 0.6) is 0 Å². The number of nitrogens with zero attached hydrogens (tertiary/aromatic N) is 1. The molecule has 6 nitrogen and oxygen atoms in total. The Kier molecular flexibility index (Phi) is 6.29. The highest BCUT2D eigenvalue weighted by molar-refractivity contribution is 5.90. The molecule has 1 saturated heterocycles. The second-order valence-corrected chi connectivity index (χ2v) is 13.3. The van der Waals surface area contributed by atoms with Gasteiger partial charge in [0.05, 0.1) is 18.6 Å². The monoisotopic (exact) mass is 487 g/mol. The number of carbonyl (C=O) groups excluding carboxylic acids is 1. The molecule has 1 N–H and O–H groups in total. The fourth-order valence-electron chi connectivity index (χ4n) is 9.48. The van der Waals surface area contributed by atoms with Crippen molar-refractivity contribution in [1.29, 1.82) is 0 Å². The molecule has 3 saturated carbocycles. The molecule has 9 atom stereocenters. The molecular weight excluding hydrogens is 442 g/mol. The van der Waals surface area contributed by atoms with Gasteiger partial charge in [0.2, 0.25) is 0 Å². The van der Waals surface area contributed by atoms with Crippen molar-refractivity contribution in [2.75, 3.05) is 26.3 Å². The summed E-state index contributed by atoms with van der Waals surface area (Å²) in [6.07, 6.45) is 6.49. The molecule has 3 unspecified atom stereocenters. The predicted octanol–water partition coefficient (Wildman–Crippen LogP) is 4.63. The number of rotatable bonds is 8. The van der Waals surface area contributed by atoms with Crippen LogP contribution in [0.15, 0.2) is 11.6 Å². The highest BCUT2D eigenvalue weighted by Gasteiger charge is 2.84. The lowest BCUT2D eigenvalue weighted by atomic mass is 9.43. The Morgan fingerprint density at radius 2 is 2.00 bits per heavy atom. The van der Waals surface area contributed by atoms with Gasteiger partial charge >= 0.3 is 5.97 Å². The van der Waals surface area contributed by atoms with Gasteiger partial charge in [0.25, 0.3) is 0 Å². The van der Waals surface area contributed by atoms with Crippen molar-refractivity contribution in [3.63, 3.8) is 0 Å². The largest absolute Gasteiger partial charge is 0.481 e. The van der Waals surface area contributed by atoms with Crippen LogP contribution < -0.4 is 0 Å². The van der Waals surface area contributed by atoms with Gasteiger partial charge in [0, 0.05) is 24.5 Å². The van der Waals surface area contributed by atoms with Crippen molar-refractivity contribution in [2.24, 2.45) is 51.8 Å². The standard InChI is InChI=1S/C29H45NO5/c1-17(2)12-30-13-25(34-14-20(30)6)35-16-28-11-22-19(5)7-8-23(22)27(15-31)10-21(28)9-24(18(3)4)29(27,28)26(32)33/h9,15,17-23,25H,7-8,10-14,16H2,1-6H3,(H,32,33)/t19-,20-,21?,22-,23-,25+,27?,28?,29+/m1/s1. The highest BCUT2D eigenvalue weighted by atomic mass is 16.7. The lowest BCUT2D eigenvalue weighted by molar-refractivity contribution is -0.228. The molecule has 0 radical (unpaired) electrons. The van der Waals surface area contributed by atoms with Gasteiger partial charge in [0.15, 0.2) is 6.29 Å². The third kappa shape index (κ3) is 3.24. The van der Waals surface area contributed by atoms with Crippen molar-refractivity contribution < 1.29 is 24.2 Å². The Hall–Kier alpha value is -1.24. The summed E-state index contributed by atoms with van der Waals surface area (Å²) in [7, 11) is 0. The maximum Gasteiger partial charge on any atom is 0.315 e. The second kappa shape index (κ2) is 8.66. The number of hydrogen-bond donors (Lipinski definition) is 1. The van der Waals surface area contributed by atoms with E-state index in [9.17, 15) is 14.7 Å². The first-order valence-electron chi connectivity index (χ1n) is 13.9. The van der Waals surface area contributed by atoms with Crippen molar-refractivity contribution >= 4 is 12.3 Å². The molecule has 0 amide bonds. The van der Waals surface area contributed by atoms with Crippen LogP contribution in [-0.2, 0) is 19.1 Å². The van der Waals surface area contributed by atoms with E-state index in [-0.39, 0.29) is 24.0 Å². The number of carboxylic acid groups (broad SMARTS) is 1. The van der Waals surface area contributed by atoms with Crippen LogP contribution in [0.25, 0.3) is 0 Å². The van der Waals surface area contributed by atoms with Crippen LogP contribution in [0.1, 0.15) is 67.2 Å². The normalized spacial score (nSPS) is 46.8. The molecule has 0 aromatic carbocycles. The molecule has 4 fully saturated rings. The van der Waals surface area contributed by atoms with E-state index in [0.717, 1.165) is 37.7 Å². The van der Waals surface area contributed by atoms with Gasteiger partial charge in [-0.15, -0.1) is 0 Å². The number of hydrogen-bond acceptors (Lipinski definition) is 5. The van der Waals surface area contributed by atoms with E-state index in [0.29, 0.717) is 50.0 Å². The predicted molar refractivity (Wildman–Crippen MR) is 134 cm³/mol. The molecule has 4 bridgehead atoms. The zero-order valence-corrected chi connectivity index (χ0v) is 22.5. The van der Waals surface area contributed by atoms with Gasteiger partial charge in [0.1, 0.15) is 11.7 Å². The Bertz CT molecular complexity index is 900. The number of fused-ring (bicyclic) bond motifs is 2. The lowest BCUT2D eigenvalue weighted by Crippen LogP contribution is -2.64. The molecule has 196 valence electrons. The minimum absolute atomic E-state index is 0.0632. The number of aldehydes is 1. The summed E-state index contributed by atoms with van der Waals surface area (Å²) in [6, 6.07) is 0.343. The summed E-state index contributed by atoms with van der Waals surface area (Å²) in [4.78, 5) is 29.1. The van der Waals surface area contributed by atoms with E-state index in [1.165, 1.54) is 0 Å². The Labute approximate surface area is 210 Å². The Morgan fingerprint density at radius 1 is 1.26 bits per heavy atom. The molecule has 1 aliphatic heterocycles. The first kappa shape index (κ1) is 25.4. The summed E-state index contributed by atoms with van der Waals surface area (Å²) in [6.45, 7) is 15.8. The number of aliphatic carboxylic acids is 1. The van der Waals surface area contributed by atoms with Gasteiger partial charge in [-0.3, -0.25) is 9.69 Å². The Balaban J connectivity index is 1.52. The van der Waals surface area contributed by atoms with E-state index >= 15 is 0 Å². The van der Waals surface area contributed by atoms with Gasteiger partial charge in [-0.05, 0) is 61.7 Å². The maximum atomic E-state index is 13.5. The topological polar surface area (TPSA) is 76.1 Å². The van der Waals surface area contributed by atoms with Crippen LogP contribution in [0, 0.1) is 51.8 Å². The molecular formula is C29H45NO5. The van der Waals surface area contributed by atoms with Crippen LogP contribution in [0.2, 0.25) is 0 Å². The van der Waals surface area contributed by atoms with E-state index in [1.54, 1.807) is 0 Å². The third-order valence-electron chi connectivity index (χ3n) is 10.8. The third-order valence-corrected chi connectivity index (χ3v) is 10.8. The number of allylic oxidation sites excluding steroid dienone is 1. The summed E-state index contributed by atoms with van der Waals surface area (Å²) in [5.41, 5.74) is -1.63. The average molecular weight is 488 g/mol. The first-order valence-corrected chi connectivity index (χ1v) is 13.9. The quantitative estimate of drug-likeness (QED) is 0.397. The first-order chi connectivity index (χ1) is 16.5. The van der Waals surface area contributed by atoms with Crippen LogP contribution in [0.4, 0.5) is 0 Å². The van der Waals surface area contributed by atoms with Crippen LogP contribution in [0.3, 0.4) is 0 Å². The van der Waals surface area contributed by atoms with Crippen molar-refractivity contribution in [3.05, 3.63) is 11.6 Å². The van der Waals surface area contributed by atoms with Crippen LogP contribution in [-0.4, -0.2) is 60.9 Å². The fraction of sp³-hybridized carbons (Fsp3) is 0.862. The zero-order valence-electron chi connectivity index (χ0n) is 22.5. The molecule has 1 heterocycles. The van der Waals surface area contributed by atoms with Crippen molar-refractivity contribution in [1.82, 2.24) is 4.90 Å². The zero-order chi connectivity index (χ0) is 25.3. The summed E-state index contributed by atoms with van der Waals surface area (Å²) in [5.74, 6) is 0.933. The molecule has 0 aromatic heterocycles. The maximum absolute atomic E-state index is 13.5. The fourth-order valence-corrected chi connectivity index (χ4v) is 9.48. The summed E-state index contributed by atoms with van der Waals surface area (Å²) >= 11 is 0. The SMILES string of the molecule is CC(C)CN1C[C@H](OCC23C[C@@H]4[C@H](C)CC[C@H]4C4(C=O)CC2C=C(C(C)C)[C@@]34C(=O)O)OC[C@H]1C. The van der Waals surface area contributed by atoms with Gasteiger partial charge in [-0.25, -0.2) is 0 Å². The number of carbonyl (C=O) groups is 2. The molecule has 35 heavy (non-hydrogen) atoms. The van der Waals surface area contributed by atoms with E-state index in [4.69, 9.17) is 9.47 Å². The van der Waals surface area contributed by atoms with Crippen LogP contribution >= 0.6 is 0 Å². The smallest absolute Gasteiger partial charge is 0.315 e.